The summed E-state index contributed by atoms with van der Waals surface area (Å²) in [6.07, 6.45) is 0.0688. The molecule has 222 valence electrons. The molecule has 6 N–H and O–H groups in total. The summed E-state index contributed by atoms with van der Waals surface area (Å²) >= 11 is 0. The summed E-state index contributed by atoms with van der Waals surface area (Å²) < 4.78 is 11.0. The van der Waals surface area contributed by atoms with Crippen molar-refractivity contribution in [2.45, 2.75) is 89.8 Å². The van der Waals surface area contributed by atoms with Gasteiger partial charge in [0.1, 0.15) is 11.2 Å². The van der Waals surface area contributed by atoms with Crippen LogP contribution in [-0.4, -0.2) is 95.3 Å². The lowest BCUT2D eigenvalue weighted by atomic mass is 10.1. The number of rotatable bonds is 6. The van der Waals surface area contributed by atoms with E-state index in [-0.39, 0.29) is 62.2 Å². The summed E-state index contributed by atoms with van der Waals surface area (Å²) in [5.41, 5.74) is 11.1. The fourth-order valence-corrected chi connectivity index (χ4v) is 4.92. The van der Waals surface area contributed by atoms with Gasteiger partial charge in [-0.3, -0.25) is 9.59 Å². The molecule has 40 heavy (non-hydrogen) atoms. The van der Waals surface area contributed by atoms with Crippen LogP contribution in [0.25, 0.3) is 0 Å². The molecule has 0 aromatic heterocycles. The predicted octanol–water partition coefficient (Wildman–Crippen LogP) is 1.82. The Hall–Kier alpha value is -3.38. The molecule has 12 heteroatoms. The van der Waals surface area contributed by atoms with E-state index in [1.54, 1.807) is 69.5 Å². The molecule has 4 atom stereocenters. The molecule has 1 aromatic carbocycles. The van der Waals surface area contributed by atoms with Gasteiger partial charge in [-0.1, -0.05) is 6.07 Å². The third-order valence-corrected chi connectivity index (χ3v) is 6.69. The first kappa shape index (κ1) is 31.2. The van der Waals surface area contributed by atoms with Crippen molar-refractivity contribution in [3.63, 3.8) is 0 Å². The normalized spacial score (nSPS) is 23.1. The van der Waals surface area contributed by atoms with Crippen LogP contribution in [0.4, 0.5) is 9.59 Å². The molecule has 0 saturated carbocycles. The lowest BCUT2D eigenvalue weighted by Gasteiger charge is -2.27. The molecule has 2 heterocycles. The van der Waals surface area contributed by atoms with Gasteiger partial charge in [0.15, 0.2) is 0 Å². The molecule has 0 bridgehead atoms. The zero-order chi connectivity index (χ0) is 29.8. The van der Waals surface area contributed by atoms with Crippen LogP contribution >= 0.6 is 0 Å². The zero-order valence-electron chi connectivity index (χ0n) is 24.4. The highest BCUT2D eigenvalue weighted by molar-refractivity contribution is 6.00. The minimum Gasteiger partial charge on any atom is -0.444 e. The number of ether oxygens (including phenoxy) is 2. The van der Waals surface area contributed by atoms with Gasteiger partial charge in [0, 0.05) is 61.5 Å². The first-order valence-electron chi connectivity index (χ1n) is 13.7. The maximum absolute atomic E-state index is 13.1. The molecule has 3 rings (SSSR count). The van der Waals surface area contributed by atoms with Gasteiger partial charge in [-0.05, 0) is 72.6 Å². The molecular formula is C28H44N6O6. The van der Waals surface area contributed by atoms with Crippen molar-refractivity contribution >= 4 is 24.0 Å². The standard InChI is InChI=1S/C28H44N6O6/c1-27(2,3)39-25(37)33-15-19(11-21(33)13-29)31-23(35)17-8-7-9-18(10-17)24(36)32-20-12-22(14-30)34(16-20)26(38)40-28(4,5)6/h7-10,19-22H,11-16,29-30H2,1-6H3,(H,31,35)(H,32,36)/t19-,20?,21-,22?/m0/s1. The number of amides is 4. The maximum Gasteiger partial charge on any atom is 0.410 e. The van der Waals surface area contributed by atoms with E-state index in [1.807, 2.05) is 0 Å². The van der Waals surface area contributed by atoms with Crippen molar-refractivity contribution in [2.75, 3.05) is 26.2 Å². The van der Waals surface area contributed by atoms with Gasteiger partial charge < -0.3 is 41.4 Å². The summed E-state index contributed by atoms with van der Waals surface area (Å²) in [4.78, 5) is 54.4. The van der Waals surface area contributed by atoms with Gasteiger partial charge in [-0.25, -0.2) is 9.59 Å². The lowest BCUT2D eigenvalue weighted by molar-refractivity contribution is 0.0218. The summed E-state index contributed by atoms with van der Waals surface area (Å²) in [5, 5.41) is 5.90. The van der Waals surface area contributed by atoms with Gasteiger partial charge in [0.05, 0.1) is 0 Å². The van der Waals surface area contributed by atoms with E-state index in [0.29, 0.717) is 24.0 Å². The van der Waals surface area contributed by atoms with Crippen LogP contribution < -0.4 is 22.1 Å². The molecule has 2 unspecified atom stereocenters. The quantitative estimate of drug-likeness (QED) is 0.408. The van der Waals surface area contributed by atoms with Crippen LogP contribution in [0, 0.1) is 0 Å². The van der Waals surface area contributed by atoms with Crippen molar-refractivity contribution in [1.29, 1.82) is 0 Å². The van der Waals surface area contributed by atoms with Crippen LogP contribution in [0.1, 0.15) is 75.1 Å². The Labute approximate surface area is 236 Å². The number of carbonyl (C=O) groups excluding carboxylic acids is 4. The predicted molar refractivity (Wildman–Crippen MR) is 150 cm³/mol. The minimum atomic E-state index is -0.643. The number of hydrogen-bond acceptors (Lipinski definition) is 8. The van der Waals surface area contributed by atoms with Gasteiger partial charge in [0.25, 0.3) is 11.8 Å². The summed E-state index contributed by atoms with van der Waals surface area (Å²) in [6.45, 7) is 11.8. The van der Waals surface area contributed by atoms with Gasteiger partial charge in [-0.15, -0.1) is 0 Å². The first-order valence-corrected chi connectivity index (χ1v) is 13.7. The maximum atomic E-state index is 13.1. The number of nitrogens with one attached hydrogen (secondary N) is 2. The van der Waals surface area contributed by atoms with E-state index in [0.717, 1.165) is 0 Å². The second kappa shape index (κ2) is 12.4. The van der Waals surface area contributed by atoms with E-state index in [9.17, 15) is 19.2 Å². The Balaban J connectivity index is 1.60. The molecule has 12 nitrogen and oxygen atoms in total. The number of likely N-dealkylation sites (tertiary alicyclic amines) is 2. The number of carbonyl (C=O) groups is 4. The third kappa shape index (κ3) is 8.31. The molecule has 0 spiro atoms. The van der Waals surface area contributed by atoms with Crippen molar-refractivity contribution in [2.24, 2.45) is 11.5 Å². The number of nitrogens with two attached hydrogens (primary N) is 2. The second-order valence-electron chi connectivity index (χ2n) is 12.4. The Morgan fingerprint density at radius 3 is 1.48 bits per heavy atom. The van der Waals surface area contributed by atoms with Crippen molar-refractivity contribution in [3.8, 4) is 0 Å². The second-order valence-corrected chi connectivity index (χ2v) is 12.4. The van der Waals surface area contributed by atoms with Crippen molar-refractivity contribution < 1.29 is 28.7 Å². The highest BCUT2D eigenvalue weighted by Gasteiger charge is 2.39. The van der Waals surface area contributed by atoms with E-state index in [1.165, 1.54) is 6.07 Å². The monoisotopic (exact) mass is 560 g/mol. The Morgan fingerprint density at radius 2 is 1.15 bits per heavy atom. The fourth-order valence-electron chi connectivity index (χ4n) is 4.92. The summed E-state index contributed by atoms with van der Waals surface area (Å²) in [5.74, 6) is -0.719. The van der Waals surface area contributed by atoms with Crippen LogP contribution in [0.3, 0.4) is 0 Å². The Bertz CT molecular complexity index is 1020. The highest BCUT2D eigenvalue weighted by Crippen LogP contribution is 2.23. The highest BCUT2D eigenvalue weighted by atomic mass is 16.6. The van der Waals surface area contributed by atoms with Crippen LogP contribution in [0.15, 0.2) is 24.3 Å². The zero-order valence-corrected chi connectivity index (χ0v) is 24.4. The average molecular weight is 561 g/mol. The molecule has 2 aliphatic rings. The third-order valence-electron chi connectivity index (χ3n) is 6.69. The molecule has 2 aliphatic heterocycles. The van der Waals surface area contributed by atoms with E-state index < -0.39 is 23.4 Å². The van der Waals surface area contributed by atoms with E-state index >= 15 is 0 Å². The number of hydrogen-bond donors (Lipinski definition) is 4. The first-order chi connectivity index (χ1) is 18.6. The molecular weight excluding hydrogens is 516 g/mol. The Kier molecular flexibility index (Phi) is 9.68. The van der Waals surface area contributed by atoms with Gasteiger partial charge in [0.2, 0.25) is 0 Å². The van der Waals surface area contributed by atoms with E-state index in [4.69, 9.17) is 20.9 Å². The largest absolute Gasteiger partial charge is 0.444 e. The van der Waals surface area contributed by atoms with Crippen molar-refractivity contribution in [3.05, 3.63) is 35.4 Å². The molecule has 2 fully saturated rings. The van der Waals surface area contributed by atoms with Crippen LogP contribution in [0.5, 0.6) is 0 Å². The van der Waals surface area contributed by atoms with Crippen molar-refractivity contribution in [1.82, 2.24) is 20.4 Å². The Morgan fingerprint density at radius 1 is 0.775 bits per heavy atom. The summed E-state index contributed by atoms with van der Waals surface area (Å²) in [7, 11) is 0. The average Bonchev–Trinajstić information content (AvgIpc) is 3.45. The van der Waals surface area contributed by atoms with Crippen LogP contribution in [0.2, 0.25) is 0 Å². The smallest absolute Gasteiger partial charge is 0.410 e. The molecule has 4 amide bonds. The van der Waals surface area contributed by atoms with Gasteiger partial charge in [-0.2, -0.15) is 0 Å². The fraction of sp³-hybridized carbons (Fsp3) is 0.643. The van der Waals surface area contributed by atoms with Crippen LogP contribution in [-0.2, 0) is 9.47 Å². The van der Waals surface area contributed by atoms with E-state index in [2.05, 4.69) is 10.6 Å². The SMILES string of the molecule is CC(C)(C)OC(=O)N1CC(NC(=O)c2cccc(C(=O)N[C@H]3C[C@@H](CN)N(C(=O)OC(C)(C)C)C3)c2)CC1CN. The van der Waals surface area contributed by atoms with Gasteiger partial charge >= 0.3 is 12.2 Å². The number of nitrogens with zero attached hydrogens (tertiary/aromatic N) is 2. The molecule has 2 saturated heterocycles. The lowest BCUT2D eigenvalue weighted by Crippen LogP contribution is -2.44. The topological polar surface area (TPSA) is 169 Å². The number of benzene rings is 1. The molecule has 0 radical (unpaired) electrons. The minimum absolute atomic E-state index is 0.249. The molecule has 1 aromatic rings. The molecule has 0 aliphatic carbocycles. The summed E-state index contributed by atoms with van der Waals surface area (Å²) in [6, 6.07) is 5.29.